The number of hydrogen-bond acceptors (Lipinski definition) is 3. The highest BCUT2D eigenvalue weighted by Gasteiger charge is 2.10. The molecule has 0 spiro atoms. The smallest absolute Gasteiger partial charge is 0.225 e. The second-order valence-corrected chi connectivity index (χ2v) is 5.87. The van der Waals surface area contributed by atoms with Crippen molar-refractivity contribution < 1.29 is 4.79 Å². The lowest BCUT2D eigenvalue weighted by Gasteiger charge is -2.09. The Hall–Kier alpha value is -2.66. The summed E-state index contributed by atoms with van der Waals surface area (Å²) >= 11 is 6.12. The van der Waals surface area contributed by atoms with Crippen molar-refractivity contribution in [3.05, 3.63) is 71.0 Å². The second-order valence-electron chi connectivity index (χ2n) is 5.46. The van der Waals surface area contributed by atoms with Crippen molar-refractivity contribution in [1.82, 2.24) is 14.8 Å². The predicted octanol–water partition coefficient (Wildman–Crippen LogP) is 3.80. The van der Waals surface area contributed by atoms with E-state index in [1.54, 1.807) is 23.1 Å². The van der Waals surface area contributed by atoms with Crippen molar-refractivity contribution in [2.24, 2.45) is 0 Å². The lowest BCUT2D eigenvalue weighted by molar-refractivity contribution is -0.116. The fraction of sp³-hybridized carbons (Fsp3) is 0.167. The zero-order valence-corrected chi connectivity index (χ0v) is 14.0. The van der Waals surface area contributed by atoms with E-state index in [2.05, 4.69) is 15.4 Å². The summed E-state index contributed by atoms with van der Waals surface area (Å²) in [6.07, 6.45) is 4.28. The van der Waals surface area contributed by atoms with Gasteiger partial charge in [-0.25, -0.2) is 4.98 Å². The van der Waals surface area contributed by atoms with Crippen molar-refractivity contribution >= 4 is 23.3 Å². The molecule has 0 saturated carbocycles. The van der Waals surface area contributed by atoms with Gasteiger partial charge in [-0.15, -0.1) is 0 Å². The van der Waals surface area contributed by atoms with Crippen LogP contribution < -0.4 is 5.32 Å². The molecule has 0 aliphatic carbocycles. The van der Waals surface area contributed by atoms with Crippen LogP contribution in [0.4, 0.5) is 5.82 Å². The van der Waals surface area contributed by atoms with Gasteiger partial charge in [0.2, 0.25) is 5.91 Å². The molecule has 0 radical (unpaired) electrons. The van der Waals surface area contributed by atoms with Gasteiger partial charge < -0.3 is 5.32 Å². The molecule has 0 atom stereocenters. The molecule has 1 aromatic carbocycles. The Labute approximate surface area is 145 Å². The molecule has 1 N–H and O–H groups in total. The number of benzene rings is 1. The Bertz CT molecular complexity index is 859. The van der Waals surface area contributed by atoms with Gasteiger partial charge in [-0.1, -0.05) is 29.8 Å². The molecular weight excluding hydrogens is 324 g/mol. The second kappa shape index (κ2) is 7.27. The van der Waals surface area contributed by atoms with Gasteiger partial charge in [0.15, 0.2) is 5.82 Å². The van der Waals surface area contributed by atoms with Gasteiger partial charge in [0, 0.05) is 23.7 Å². The minimum absolute atomic E-state index is 0.0932. The molecule has 3 aromatic rings. The van der Waals surface area contributed by atoms with Gasteiger partial charge in [0.1, 0.15) is 5.82 Å². The maximum absolute atomic E-state index is 12.2. The van der Waals surface area contributed by atoms with E-state index in [4.69, 9.17) is 11.6 Å². The summed E-state index contributed by atoms with van der Waals surface area (Å²) in [5.74, 6) is 1.17. The molecule has 0 fully saturated rings. The standard InChI is InChI=1S/C18H17ClN4O/c1-13-8-10-20-17(12-13)23-16(9-11-21-23)22-18(24)7-6-14-4-2-3-5-15(14)19/h2-5,8-12H,6-7H2,1H3,(H,22,24). The molecule has 0 saturated heterocycles. The van der Waals surface area contributed by atoms with Gasteiger partial charge in [0.05, 0.1) is 6.20 Å². The third-order valence-electron chi connectivity index (χ3n) is 3.61. The lowest BCUT2D eigenvalue weighted by atomic mass is 10.1. The SMILES string of the molecule is Cc1ccnc(-n2nccc2NC(=O)CCc2ccccc2Cl)c1. The van der Waals surface area contributed by atoms with E-state index < -0.39 is 0 Å². The highest BCUT2D eigenvalue weighted by atomic mass is 35.5. The summed E-state index contributed by atoms with van der Waals surface area (Å²) in [5, 5.41) is 7.79. The molecule has 24 heavy (non-hydrogen) atoms. The molecule has 6 heteroatoms. The number of anilines is 1. The number of nitrogens with zero attached hydrogens (tertiary/aromatic N) is 3. The number of amides is 1. The van der Waals surface area contributed by atoms with Crippen LogP contribution in [0.25, 0.3) is 5.82 Å². The predicted molar refractivity (Wildman–Crippen MR) is 94.5 cm³/mol. The van der Waals surface area contributed by atoms with E-state index in [9.17, 15) is 4.79 Å². The van der Waals surface area contributed by atoms with E-state index in [1.807, 2.05) is 43.3 Å². The molecule has 0 aliphatic heterocycles. The van der Waals surface area contributed by atoms with Crippen LogP contribution in [0.2, 0.25) is 5.02 Å². The molecule has 0 unspecified atom stereocenters. The minimum atomic E-state index is -0.0932. The average Bonchev–Trinajstić information content (AvgIpc) is 3.02. The minimum Gasteiger partial charge on any atom is -0.311 e. The van der Waals surface area contributed by atoms with E-state index in [-0.39, 0.29) is 5.91 Å². The van der Waals surface area contributed by atoms with Crippen LogP contribution in [0.5, 0.6) is 0 Å². The zero-order valence-electron chi connectivity index (χ0n) is 13.2. The van der Waals surface area contributed by atoms with Gasteiger partial charge in [-0.05, 0) is 42.7 Å². The largest absolute Gasteiger partial charge is 0.311 e. The van der Waals surface area contributed by atoms with Crippen molar-refractivity contribution in [2.75, 3.05) is 5.32 Å². The Morgan fingerprint density at radius 3 is 2.83 bits per heavy atom. The van der Waals surface area contributed by atoms with Crippen molar-refractivity contribution in [3.8, 4) is 5.82 Å². The number of rotatable bonds is 5. The normalized spacial score (nSPS) is 10.6. The number of carbonyl (C=O) groups is 1. The Kier molecular flexibility index (Phi) is 4.91. The van der Waals surface area contributed by atoms with Crippen LogP contribution in [-0.2, 0) is 11.2 Å². The first-order valence-corrected chi connectivity index (χ1v) is 8.01. The van der Waals surface area contributed by atoms with Gasteiger partial charge >= 0.3 is 0 Å². The molecule has 0 bridgehead atoms. The van der Waals surface area contributed by atoms with Gasteiger partial charge in [-0.3, -0.25) is 4.79 Å². The summed E-state index contributed by atoms with van der Waals surface area (Å²) in [6, 6.07) is 13.1. The molecule has 122 valence electrons. The van der Waals surface area contributed by atoms with E-state index in [1.165, 1.54) is 0 Å². The number of pyridine rings is 1. The fourth-order valence-corrected chi connectivity index (χ4v) is 2.60. The van der Waals surface area contributed by atoms with Crippen LogP contribution >= 0.6 is 11.6 Å². The van der Waals surface area contributed by atoms with E-state index in [0.717, 1.165) is 11.1 Å². The summed E-state index contributed by atoms with van der Waals surface area (Å²) < 4.78 is 1.61. The Morgan fingerprint density at radius 2 is 2.04 bits per heavy atom. The monoisotopic (exact) mass is 340 g/mol. The van der Waals surface area contributed by atoms with Crippen molar-refractivity contribution in [3.63, 3.8) is 0 Å². The fourth-order valence-electron chi connectivity index (χ4n) is 2.37. The number of hydrogen-bond donors (Lipinski definition) is 1. The first-order chi connectivity index (χ1) is 11.6. The van der Waals surface area contributed by atoms with E-state index >= 15 is 0 Å². The van der Waals surface area contributed by atoms with Crippen LogP contribution in [0.1, 0.15) is 17.5 Å². The van der Waals surface area contributed by atoms with Gasteiger partial charge in [-0.2, -0.15) is 9.78 Å². The zero-order chi connectivity index (χ0) is 16.9. The molecule has 2 heterocycles. The van der Waals surface area contributed by atoms with Gasteiger partial charge in [0.25, 0.3) is 0 Å². The van der Waals surface area contributed by atoms with Crippen LogP contribution in [0.15, 0.2) is 54.9 Å². The highest BCUT2D eigenvalue weighted by Crippen LogP contribution is 2.18. The molecule has 0 aliphatic rings. The maximum Gasteiger partial charge on any atom is 0.225 e. The quantitative estimate of drug-likeness (QED) is 0.768. The van der Waals surface area contributed by atoms with Crippen molar-refractivity contribution in [1.29, 1.82) is 0 Å². The van der Waals surface area contributed by atoms with Crippen LogP contribution in [-0.4, -0.2) is 20.7 Å². The number of aryl methyl sites for hydroxylation is 2. The summed E-state index contributed by atoms with van der Waals surface area (Å²) in [6.45, 7) is 1.98. The highest BCUT2D eigenvalue weighted by molar-refractivity contribution is 6.31. The summed E-state index contributed by atoms with van der Waals surface area (Å²) in [4.78, 5) is 16.5. The first kappa shape index (κ1) is 16.2. The number of carbonyl (C=O) groups excluding carboxylic acids is 1. The Morgan fingerprint density at radius 1 is 1.21 bits per heavy atom. The molecule has 3 rings (SSSR count). The third-order valence-corrected chi connectivity index (χ3v) is 3.98. The molecule has 1 amide bonds. The molecule has 2 aromatic heterocycles. The molecular formula is C18H17ClN4O. The molecule has 5 nitrogen and oxygen atoms in total. The number of aromatic nitrogens is 3. The number of nitrogens with one attached hydrogen (secondary N) is 1. The van der Waals surface area contributed by atoms with Crippen LogP contribution in [0, 0.1) is 6.92 Å². The lowest BCUT2D eigenvalue weighted by Crippen LogP contribution is -2.16. The summed E-state index contributed by atoms with van der Waals surface area (Å²) in [7, 11) is 0. The first-order valence-electron chi connectivity index (χ1n) is 7.64. The maximum atomic E-state index is 12.2. The third kappa shape index (κ3) is 3.81. The average molecular weight is 341 g/mol. The van der Waals surface area contributed by atoms with Crippen molar-refractivity contribution in [2.45, 2.75) is 19.8 Å². The van der Waals surface area contributed by atoms with E-state index in [0.29, 0.717) is 29.5 Å². The summed E-state index contributed by atoms with van der Waals surface area (Å²) in [5.41, 5.74) is 2.04. The topological polar surface area (TPSA) is 59.8 Å². The van der Waals surface area contributed by atoms with Crippen LogP contribution in [0.3, 0.4) is 0 Å². The number of halogens is 1. The Balaban J connectivity index is 1.68.